The molecule has 0 radical (unpaired) electrons. The number of rotatable bonds is 6. The molecular formula is C10H22N2O5S. The molecule has 0 aliphatic rings. The summed E-state index contributed by atoms with van der Waals surface area (Å²) in [4.78, 5) is 13.1. The van der Waals surface area contributed by atoms with Gasteiger partial charge < -0.3 is 10.2 Å². The summed E-state index contributed by atoms with van der Waals surface area (Å²) in [6.07, 6.45) is 0.978. The summed E-state index contributed by atoms with van der Waals surface area (Å²) in [5.74, 6) is -0.0474. The van der Waals surface area contributed by atoms with Crippen LogP contribution in [0, 0.1) is 0 Å². The van der Waals surface area contributed by atoms with Crippen LogP contribution in [0.1, 0.15) is 13.3 Å². The van der Waals surface area contributed by atoms with Gasteiger partial charge in [0.1, 0.15) is 0 Å². The molecule has 0 bridgehead atoms. The normalized spacial score (nSPS) is 10.6. The second-order valence-corrected chi connectivity index (χ2v) is 4.98. The SMILES string of the molecule is C=C(C)C(=O)NCCCN(C)C.COS(=O)(=O)O. The minimum absolute atomic E-state index is 0.0474. The van der Waals surface area contributed by atoms with Gasteiger partial charge >= 0.3 is 10.4 Å². The fourth-order valence-electron chi connectivity index (χ4n) is 0.748. The lowest BCUT2D eigenvalue weighted by molar-refractivity contribution is -0.117. The highest BCUT2D eigenvalue weighted by Gasteiger charge is 1.99. The van der Waals surface area contributed by atoms with Gasteiger partial charge in [-0.1, -0.05) is 6.58 Å². The van der Waals surface area contributed by atoms with Crippen molar-refractivity contribution >= 4 is 16.3 Å². The van der Waals surface area contributed by atoms with E-state index in [1.807, 2.05) is 14.1 Å². The molecule has 0 fully saturated rings. The molecule has 18 heavy (non-hydrogen) atoms. The van der Waals surface area contributed by atoms with Crippen molar-refractivity contribution in [2.45, 2.75) is 13.3 Å². The Labute approximate surface area is 109 Å². The molecule has 0 spiro atoms. The Bertz CT molecular complexity index is 351. The highest BCUT2D eigenvalue weighted by molar-refractivity contribution is 7.80. The Morgan fingerprint density at radius 1 is 1.44 bits per heavy atom. The minimum atomic E-state index is -4.16. The van der Waals surface area contributed by atoms with E-state index in [0.717, 1.165) is 26.6 Å². The zero-order chi connectivity index (χ0) is 14.8. The Morgan fingerprint density at radius 2 is 1.89 bits per heavy atom. The molecule has 0 aromatic carbocycles. The van der Waals surface area contributed by atoms with Crippen molar-refractivity contribution in [2.75, 3.05) is 34.3 Å². The molecule has 0 aromatic heterocycles. The number of hydrogen-bond donors (Lipinski definition) is 2. The number of hydrogen-bond acceptors (Lipinski definition) is 5. The maximum absolute atomic E-state index is 11.0. The number of carbonyl (C=O) groups excluding carboxylic acids is 1. The Kier molecular flexibility index (Phi) is 10.8. The van der Waals surface area contributed by atoms with E-state index in [2.05, 4.69) is 21.0 Å². The molecule has 8 heteroatoms. The topological polar surface area (TPSA) is 95.9 Å². The van der Waals surface area contributed by atoms with E-state index >= 15 is 0 Å². The largest absolute Gasteiger partial charge is 0.397 e. The zero-order valence-corrected chi connectivity index (χ0v) is 12.1. The van der Waals surface area contributed by atoms with Gasteiger partial charge in [-0.2, -0.15) is 8.42 Å². The van der Waals surface area contributed by atoms with Crippen LogP contribution in [0.2, 0.25) is 0 Å². The summed E-state index contributed by atoms with van der Waals surface area (Å²) in [5.41, 5.74) is 0.569. The Hall–Kier alpha value is -0.960. The second-order valence-electron chi connectivity index (χ2n) is 3.79. The molecule has 0 saturated carbocycles. The van der Waals surface area contributed by atoms with Crippen molar-refractivity contribution in [3.8, 4) is 0 Å². The van der Waals surface area contributed by atoms with E-state index in [4.69, 9.17) is 4.55 Å². The van der Waals surface area contributed by atoms with E-state index in [9.17, 15) is 13.2 Å². The van der Waals surface area contributed by atoms with Crippen LogP contribution in [0.4, 0.5) is 0 Å². The molecule has 2 N–H and O–H groups in total. The van der Waals surface area contributed by atoms with Crippen LogP contribution in [0.3, 0.4) is 0 Å². The summed E-state index contributed by atoms with van der Waals surface area (Å²) in [7, 11) is 0.737. The third-order valence-corrected chi connectivity index (χ3v) is 2.09. The second kappa shape index (κ2) is 10.0. The predicted octanol–water partition coefficient (Wildman–Crippen LogP) is 0.0660. The first kappa shape index (κ1) is 19.4. The first-order valence-corrected chi connectivity index (χ1v) is 6.58. The quantitative estimate of drug-likeness (QED) is 0.406. The minimum Gasteiger partial charge on any atom is -0.352 e. The van der Waals surface area contributed by atoms with Gasteiger partial charge in [-0.3, -0.25) is 13.5 Å². The third kappa shape index (κ3) is 17.4. The Morgan fingerprint density at radius 3 is 2.17 bits per heavy atom. The van der Waals surface area contributed by atoms with Crippen LogP contribution < -0.4 is 5.32 Å². The first-order chi connectivity index (χ1) is 8.10. The maximum atomic E-state index is 11.0. The van der Waals surface area contributed by atoms with Gasteiger partial charge in [0.05, 0.1) is 7.11 Å². The monoisotopic (exact) mass is 282 g/mol. The average Bonchev–Trinajstić information content (AvgIpc) is 2.23. The van der Waals surface area contributed by atoms with Gasteiger partial charge in [-0.05, 0) is 34.0 Å². The van der Waals surface area contributed by atoms with Gasteiger partial charge in [0.2, 0.25) is 5.91 Å². The summed E-state index contributed by atoms with van der Waals surface area (Å²) in [6, 6.07) is 0. The van der Waals surface area contributed by atoms with Crippen LogP contribution in [-0.2, 0) is 19.4 Å². The van der Waals surface area contributed by atoms with Crippen molar-refractivity contribution in [3.63, 3.8) is 0 Å². The lowest BCUT2D eigenvalue weighted by Crippen LogP contribution is -2.27. The molecule has 0 aliphatic heterocycles. The van der Waals surface area contributed by atoms with Gasteiger partial charge in [0.25, 0.3) is 0 Å². The van der Waals surface area contributed by atoms with Crippen molar-refractivity contribution in [2.24, 2.45) is 0 Å². The maximum Gasteiger partial charge on any atom is 0.397 e. The molecule has 1 amide bonds. The number of carbonyl (C=O) groups is 1. The zero-order valence-electron chi connectivity index (χ0n) is 11.3. The molecule has 0 heterocycles. The van der Waals surface area contributed by atoms with E-state index in [1.165, 1.54) is 0 Å². The molecular weight excluding hydrogens is 260 g/mol. The molecule has 0 atom stereocenters. The van der Waals surface area contributed by atoms with Gasteiger partial charge in [0.15, 0.2) is 0 Å². The molecule has 108 valence electrons. The Balaban J connectivity index is 0. The van der Waals surface area contributed by atoms with Gasteiger partial charge in [-0.15, -0.1) is 0 Å². The smallest absolute Gasteiger partial charge is 0.352 e. The molecule has 0 aliphatic carbocycles. The lowest BCUT2D eigenvalue weighted by Gasteiger charge is -2.09. The first-order valence-electron chi connectivity index (χ1n) is 5.21. The summed E-state index contributed by atoms with van der Waals surface area (Å²) in [5, 5.41) is 2.77. The highest BCUT2D eigenvalue weighted by atomic mass is 32.3. The van der Waals surface area contributed by atoms with Crippen molar-refractivity contribution < 1.29 is 21.9 Å². The number of nitrogens with zero attached hydrogens (tertiary/aromatic N) is 1. The molecule has 0 aromatic rings. The van der Waals surface area contributed by atoms with E-state index in [-0.39, 0.29) is 5.91 Å². The van der Waals surface area contributed by atoms with Crippen molar-refractivity contribution in [1.82, 2.24) is 10.2 Å². The predicted molar refractivity (Wildman–Crippen MR) is 69.6 cm³/mol. The van der Waals surface area contributed by atoms with E-state index in [1.54, 1.807) is 6.92 Å². The van der Waals surface area contributed by atoms with E-state index < -0.39 is 10.4 Å². The summed E-state index contributed by atoms with van der Waals surface area (Å²) in [6.45, 7) is 6.98. The van der Waals surface area contributed by atoms with Crippen molar-refractivity contribution in [1.29, 1.82) is 0 Å². The van der Waals surface area contributed by atoms with Crippen LogP contribution in [-0.4, -0.2) is 58.1 Å². The van der Waals surface area contributed by atoms with Crippen LogP contribution in [0.5, 0.6) is 0 Å². The lowest BCUT2D eigenvalue weighted by atomic mass is 10.3. The van der Waals surface area contributed by atoms with Crippen LogP contribution >= 0.6 is 0 Å². The molecule has 0 rings (SSSR count). The van der Waals surface area contributed by atoms with Gasteiger partial charge in [0, 0.05) is 12.1 Å². The fraction of sp³-hybridized carbons (Fsp3) is 0.700. The van der Waals surface area contributed by atoms with Crippen LogP contribution in [0.15, 0.2) is 12.2 Å². The molecule has 0 unspecified atom stereocenters. The summed E-state index contributed by atoms with van der Waals surface area (Å²) < 4.78 is 29.7. The van der Waals surface area contributed by atoms with Crippen LogP contribution in [0.25, 0.3) is 0 Å². The number of nitrogens with one attached hydrogen (secondary N) is 1. The molecule has 0 saturated heterocycles. The highest BCUT2D eigenvalue weighted by Crippen LogP contribution is 1.86. The van der Waals surface area contributed by atoms with Gasteiger partial charge in [-0.25, -0.2) is 0 Å². The fourth-order valence-corrected chi connectivity index (χ4v) is 0.748. The number of amides is 1. The summed E-state index contributed by atoms with van der Waals surface area (Å²) >= 11 is 0. The van der Waals surface area contributed by atoms with E-state index in [0.29, 0.717) is 5.57 Å². The van der Waals surface area contributed by atoms with Crippen molar-refractivity contribution in [3.05, 3.63) is 12.2 Å². The third-order valence-electron chi connectivity index (χ3n) is 1.67. The standard InChI is InChI=1S/C9H18N2O.CH4O4S/c1-8(2)9(12)10-6-5-7-11(3)4;1-5-6(2,3)4/h1,5-7H2,2-4H3,(H,10,12);1H3,(H,2,3,4). The molecule has 7 nitrogen and oxygen atoms in total. The average molecular weight is 282 g/mol.